The van der Waals surface area contributed by atoms with Crippen molar-refractivity contribution >= 4 is 5.71 Å². The second-order valence-electron chi connectivity index (χ2n) is 3.27. The molecule has 1 rings (SSSR count). The van der Waals surface area contributed by atoms with Crippen molar-refractivity contribution in [2.75, 3.05) is 0 Å². The summed E-state index contributed by atoms with van der Waals surface area (Å²) in [7, 11) is 0. The first-order valence-electron chi connectivity index (χ1n) is 4.52. The highest BCUT2D eigenvalue weighted by Gasteiger charge is 1.98. The molecule has 0 aromatic rings. The van der Waals surface area contributed by atoms with Gasteiger partial charge in [-0.2, -0.15) is 5.71 Å². The summed E-state index contributed by atoms with van der Waals surface area (Å²) in [6.45, 7) is 1.79. The van der Waals surface area contributed by atoms with Crippen LogP contribution >= 0.6 is 0 Å². The Morgan fingerprint density at radius 2 is 2.00 bits per heavy atom. The maximum Gasteiger partial charge on any atom is -0.0298 e. The molecule has 1 aliphatic rings. The molecule has 0 radical (unpaired) electrons. The minimum absolute atomic E-state index is 0.520. The van der Waals surface area contributed by atoms with Crippen LogP contribution in [-0.4, -0.2) is 5.71 Å². The van der Waals surface area contributed by atoms with Crippen molar-refractivity contribution in [2.24, 2.45) is 0 Å². The smallest absolute Gasteiger partial charge is 0.0298 e. The molecular weight excluding hydrogens is 134 g/mol. The molecule has 0 saturated carbocycles. The molecule has 0 unspecified atom stereocenters. The zero-order valence-corrected chi connectivity index (χ0v) is 7.27. The van der Waals surface area contributed by atoms with Crippen molar-refractivity contribution in [2.45, 2.75) is 45.4 Å². The maximum atomic E-state index is 9.24. The molecule has 62 valence electrons. The molecule has 0 bridgehead atoms. The summed E-state index contributed by atoms with van der Waals surface area (Å²) in [5.74, 6) is 0. The van der Waals surface area contributed by atoms with Crippen molar-refractivity contribution in [1.29, 1.82) is 0 Å². The average Bonchev–Trinajstić information content (AvgIpc) is 1.84. The van der Waals surface area contributed by atoms with Gasteiger partial charge in [-0.15, -0.1) is 0 Å². The Hall–Kier alpha value is -0.590. The lowest BCUT2D eigenvalue weighted by Gasteiger charge is -2.14. The molecule has 0 amide bonds. The van der Waals surface area contributed by atoms with Gasteiger partial charge in [0.05, 0.1) is 0 Å². The number of allylic oxidation sites excluding steroid dienone is 2. The topological polar surface area (TPSA) is 22.3 Å². The lowest BCUT2D eigenvalue weighted by atomic mass is 9.98. The van der Waals surface area contributed by atoms with Gasteiger partial charge in [-0.25, -0.2) is 0 Å². The Bertz CT molecular complexity index is 168. The molecule has 0 N–H and O–H groups in total. The van der Waals surface area contributed by atoms with Crippen molar-refractivity contribution in [1.82, 2.24) is 0 Å². The van der Waals surface area contributed by atoms with E-state index in [1.165, 1.54) is 31.3 Å². The maximum absolute atomic E-state index is 9.24. The number of hydrogen-bond donors (Lipinski definition) is 0. The van der Waals surface area contributed by atoms with Gasteiger partial charge >= 0.3 is 0 Å². The third kappa shape index (κ3) is 2.87. The zero-order valence-electron chi connectivity index (χ0n) is 7.27. The van der Waals surface area contributed by atoms with E-state index < -0.39 is 0 Å². The summed E-state index contributed by atoms with van der Waals surface area (Å²) < 4.78 is 0. The van der Waals surface area contributed by atoms with Gasteiger partial charge < -0.3 is 5.41 Å². The average molecular weight is 150 g/mol. The van der Waals surface area contributed by atoms with E-state index in [0.717, 1.165) is 12.8 Å². The summed E-state index contributed by atoms with van der Waals surface area (Å²) in [5.41, 5.74) is 1.69. The molecule has 1 aliphatic carbocycles. The number of hydrogen-bond acceptors (Lipinski definition) is 0. The van der Waals surface area contributed by atoms with Crippen LogP contribution in [0.25, 0.3) is 5.41 Å². The number of nitrogens with zero attached hydrogens (tertiary/aromatic N) is 1. The van der Waals surface area contributed by atoms with E-state index in [1.807, 2.05) is 0 Å². The van der Waals surface area contributed by atoms with Gasteiger partial charge in [0, 0.05) is 0 Å². The predicted octanol–water partition coefficient (Wildman–Crippen LogP) is 3.30. The van der Waals surface area contributed by atoms with Gasteiger partial charge in [-0.3, -0.25) is 0 Å². The van der Waals surface area contributed by atoms with E-state index in [2.05, 4.69) is 6.08 Å². The Morgan fingerprint density at radius 1 is 1.27 bits per heavy atom. The summed E-state index contributed by atoms with van der Waals surface area (Å²) >= 11 is 0. The highest BCUT2D eigenvalue weighted by Crippen LogP contribution is 2.17. The van der Waals surface area contributed by atoms with Crippen LogP contribution in [0.15, 0.2) is 11.6 Å². The van der Waals surface area contributed by atoms with Crippen molar-refractivity contribution in [3.05, 3.63) is 17.1 Å². The van der Waals surface area contributed by atoms with Crippen LogP contribution in [0.2, 0.25) is 0 Å². The van der Waals surface area contributed by atoms with Crippen molar-refractivity contribution in [3.63, 3.8) is 0 Å². The third-order valence-electron chi connectivity index (χ3n) is 2.26. The van der Waals surface area contributed by atoms with Crippen LogP contribution in [0.3, 0.4) is 0 Å². The fourth-order valence-electron chi connectivity index (χ4n) is 1.52. The molecule has 1 nitrogen and oxygen atoms in total. The van der Waals surface area contributed by atoms with E-state index >= 15 is 0 Å². The SMILES string of the molecule is CC(=[N-])C1=CCCCCCC1. The lowest BCUT2D eigenvalue weighted by Crippen LogP contribution is -1.97. The van der Waals surface area contributed by atoms with Gasteiger partial charge in [0.1, 0.15) is 0 Å². The quantitative estimate of drug-likeness (QED) is 0.512. The molecule has 0 aliphatic heterocycles. The van der Waals surface area contributed by atoms with Crippen LogP contribution in [0.1, 0.15) is 45.4 Å². The van der Waals surface area contributed by atoms with Gasteiger partial charge in [-0.05, 0) is 25.7 Å². The van der Waals surface area contributed by atoms with E-state index in [4.69, 9.17) is 0 Å². The van der Waals surface area contributed by atoms with E-state index in [-0.39, 0.29) is 0 Å². The predicted molar refractivity (Wildman–Crippen MR) is 49.8 cm³/mol. The fraction of sp³-hybridized carbons (Fsp3) is 0.700. The van der Waals surface area contributed by atoms with Crippen LogP contribution < -0.4 is 0 Å². The van der Waals surface area contributed by atoms with Gasteiger partial charge in [0.2, 0.25) is 0 Å². The molecule has 0 heterocycles. The molecule has 0 saturated heterocycles. The van der Waals surface area contributed by atoms with Crippen molar-refractivity contribution < 1.29 is 0 Å². The first-order valence-corrected chi connectivity index (χ1v) is 4.52. The van der Waals surface area contributed by atoms with E-state index in [1.54, 1.807) is 6.92 Å². The summed E-state index contributed by atoms with van der Waals surface area (Å²) in [6, 6.07) is 0. The second kappa shape index (κ2) is 4.32. The molecule has 0 spiro atoms. The Kier molecular flexibility index (Phi) is 3.34. The fourth-order valence-corrected chi connectivity index (χ4v) is 1.52. The standard InChI is InChI=1S/C10H16N/c1-9(11)10-7-5-3-2-4-6-8-10/h7H,2-6,8H2,1H3/q-1. The molecule has 0 atom stereocenters. The first kappa shape index (κ1) is 8.51. The van der Waals surface area contributed by atoms with E-state index in [9.17, 15) is 5.41 Å². The minimum Gasteiger partial charge on any atom is -0.808 e. The Balaban J connectivity index is 2.52. The number of rotatable bonds is 1. The van der Waals surface area contributed by atoms with Crippen molar-refractivity contribution in [3.8, 4) is 0 Å². The third-order valence-corrected chi connectivity index (χ3v) is 2.26. The molecule has 0 fully saturated rings. The van der Waals surface area contributed by atoms with Crippen LogP contribution in [0.5, 0.6) is 0 Å². The van der Waals surface area contributed by atoms with Gasteiger partial charge in [0.25, 0.3) is 0 Å². The van der Waals surface area contributed by atoms with Crippen LogP contribution in [0, 0.1) is 0 Å². The highest BCUT2D eigenvalue weighted by atomic mass is 14.4. The largest absolute Gasteiger partial charge is 0.808 e. The molecule has 1 heteroatoms. The molecule has 11 heavy (non-hydrogen) atoms. The first-order chi connectivity index (χ1) is 5.30. The lowest BCUT2D eigenvalue weighted by molar-refractivity contribution is 0.632. The highest BCUT2D eigenvalue weighted by molar-refractivity contribution is 6.00. The van der Waals surface area contributed by atoms with Crippen LogP contribution in [-0.2, 0) is 0 Å². The van der Waals surface area contributed by atoms with Gasteiger partial charge in [-0.1, -0.05) is 31.4 Å². The molecular formula is C10H16N-. The van der Waals surface area contributed by atoms with Crippen LogP contribution in [0.4, 0.5) is 0 Å². The Morgan fingerprint density at radius 3 is 2.73 bits per heavy atom. The molecule has 0 aromatic carbocycles. The summed E-state index contributed by atoms with van der Waals surface area (Å²) in [5, 5.41) is 9.24. The monoisotopic (exact) mass is 150 g/mol. The summed E-state index contributed by atoms with van der Waals surface area (Å²) in [6.07, 6.45) is 9.61. The Labute approximate surface area is 69.0 Å². The zero-order chi connectivity index (χ0) is 8.10. The summed E-state index contributed by atoms with van der Waals surface area (Å²) in [4.78, 5) is 0. The molecule has 0 aromatic heterocycles. The second-order valence-corrected chi connectivity index (χ2v) is 3.27. The minimum atomic E-state index is 0.520. The van der Waals surface area contributed by atoms with Gasteiger partial charge in [0.15, 0.2) is 0 Å². The normalized spacial score (nSPS) is 19.9. The van der Waals surface area contributed by atoms with E-state index in [0.29, 0.717) is 5.71 Å².